The molecule has 2 N–H and O–H groups in total. The molecule has 0 bridgehead atoms. The Labute approximate surface area is 207 Å². The molecule has 0 spiro atoms. The molecule has 2 aliphatic heterocycles. The number of fused-ring (bicyclic) bond motifs is 3. The number of carbonyl (C=O) groups is 3. The Hall–Kier alpha value is -2.81. The third-order valence-corrected chi connectivity index (χ3v) is 7.99. The summed E-state index contributed by atoms with van der Waals surface area (Å²) in [6, 6.07) is 7.68. The van der Waals surface area contributed by atoms with E-state index in [4.69, 9.17) is 4.74 Å². The zero-order chi connectivity index (χ0) is 24.4. The van der Waals surface area contributed by atoms with Gasteiger partial charge >= 0.3 is 6.03 Å². The molecule has 0 aromatic heterocycles. The predicted octanol–water partition coefficient (Wildman–Crippen LogP) is 2.96. The Morgan fingerprint density at radius 1 is 1.09 bits per heavy atom. The van der Waals surface area contributed by atoms with Gasteiger partial charge in [-0.15, -0.1) is 0 Å². The fraction of sp³-hybridized carbons (Fsp3) is 0.654. The van der Waals surface area contributed by atoms with Crippen LogP contribution in [0.15, 0.2) is 24.3 Å². The van der Waals surface area contributed by atoms with E-state index in [9.17, 15) is 14.4 Å². The molecule has 3 unspecified atom stereocenters. The summed E-state index contributed by atoms with van der Waals surface area (Å²) in [7, 11) is 1.62. The number of hydrogen-bond donors (Lipinski definition) is 2. The Bertz CT molecular complexity index is 949. The molecule has 3 atom stereocenters. The molecule has 9 heteroatoms. The van der Waals surface area contributed by atoms with E-state index in [1.165, 1.54) is 6.42 Å². The van der Waals surface area contributed by atoms with E-state index in [1.807, 2.05) is 29.2 Å². The van der Waals surface area contributed by atoms with E-state index in [1.54, 1.807) is 17.0 Å². The van der Waals surface area contributed by atoms with Gasteiger partial charge in [0.25, 0.3) is 0 Å². The van der Waals surface area contributed by atoms with Crippen LogP contribution in [-0.2, 0) is 16.1 Å². The van der Waals surface area contributed by atoms with Gasteiger partial charge in [-0.05, 0) is 43.4 Å². The van der Waals surface area contributed by atoms with Gasteiger partial charge in [-0.1, -0.05) is 44.2 Å². The molecule has 4 fully saturated rings. The Morgan fingerprint density at radius 2 is 1.86 bits per heavy atom. The molecule has 0 radical (unpaired) electrons. The van der Waals surface area contributed by atoms with Crippen LogP contribution in [0.1, 0.15) is 69.8 Å². The molecular formula is C26H37N5O4. The molecule has 1 aromatic rings. The summed E-state index contributed by atoms with van der Waals surface area (Å²) >= 11 is 0. The summed E-state index contributed by atoms with van der Waals surface area (Å²) in [6.07, 6.45) is 8.95. The van der Waals surface area contributed by atoms with Crippen molar-refractivity contribution in [1.82, 2.24) is 25.6 Å². The van der Waals surface area contributed by atoms with Gasteiger partial charge in [-0.2, -0.15) is 5.43 Å². The monoisotopic (exact) mass is 483 g/mol. The number of benzene rings is 1. The molecular weight excluding hydrogens is 446 g/mol. The fourth-order valence-corrected chi connectivity index (χ4v) is 6.18. The lowest BCUT2D eigenvalue weighted by molar-refractivity contribution is -0.156. The molecule has 2 heterocycles. The highest BCUT2D eigenvalue weighted by Gasteiger charge is 2.54. The lowest BCUT2D eigenvalue weighted by Gasteiger charge is -2.48. The van der Waals surface area contributed by atoms with Crippen molar-refractivity contribution >= 4 is 17.8 Å². The van der Waals surface area contributed by atoms with Gasteiger partial charge in [0.15, 0.2) is 6.29 Å². The molecule has 2 saturated carbocycles. The summed E-state index contributed by atoms with van der Waals surface area (Å²) in [5, 5.41) is 4.75. The first-order chi connectivity index (χ1) is 17.0. The highest BCUT2D eigenvalue weighted by atomic mass is 16.5. The number of carbonyl (C=O) groups excluding carboxylic acids is 3. The average molecular weight is 484 g/mol. The number of hydrogen-bond acceptors (Lipinski definition) is 5. The summed E-state index contributed by atoms with van der Waals surface area (Å²) < 4.78 is 5.33. The minimum atomic E-state index is -0.553. The van der Waals surface area contributed by atoms with E-state index in [2.05, 4.69) is 10.7 Å². The molecule has 35 heavy (non-hydrogen) atoms. The van der Waals surface area contributed by atoms with Crippen molar-refractivity contribution < 1.29 is 19.1 Å². The van der Waals surface area contributed by atoms with Crippen LogP contribution >= 0.6 is 0 Å². The highest BCUT2D eigenvalue weighted by Crippen LogP contribution is 2.38. The molecule has 9 nitrogen and oxygen atoms in total. The third-order valence-electron chi connectivity index (χ3n) is 7.99. The first-order valence-electron chi connectivity index (χ1n) is 13.1. The maximum absolute atomic E-state index is 13.5. The van der Waals surface area contributed by atoms with Crippen molar-refractivity contribution in [1.29, 1.82) is 0 Å². The Morgan fingerprint density at radius 3 is 2.66 bits per heavy atom. The molecule has 1 aromatic carbocycles. The van der Waals surface area contributed by atoms with Gasteiger partial charge in [0.2, 0.25) is 11.8 Å². The first-order valence-corrected chi connectivity index (χ1v) is 13.1. The van der Waals surface area contributed by atoms with Crippen LogP contribution in [0.2, 0.25) is 0 Å². The van der Waals surface area contributed by atoms with Gasteiger partial charge < -0.3 is 15.0 Å². The van der Waals surface area contributed by atoms with Crippen LogP contribution in [0.4, 0.5) is 4.79 Å². The summed E-state index contributed by atoms with van der Waals surface area (Å²) in [5.41, 5.74) is 4.23. The number of methoxy groups -OCH3 is 1. The number of urea groups is 1. The lowest BCUT2D eigenvalue weighted by atomic mass is 9.81. The summed E-state index contributed by atoms with van der Waals surface area (Å²) in [5.74, 6) is 0.591. The van der Waals surface area contributed by atoms with E-state index < -0.39 is 6.29 Å². The maximum atomic E-state index is 13.5. The van der Waals surface area contributed by atoms with Crippen molar-refractivity contribution in [2.75, 3.05) is 13.7 Å². The number of nitrogens with one attached hydrogen (secondary N) is 2. The van der Waals surface area contributed by atoms with Gasteiger partial charge in [0, 0.05) is 25.0 Å². The quantitative estimate of drug-likeness (QED) is 0.622. The molecule has 5 rings (SSSR count). The zero-order valence-electron chi connectivity index (χ0n) is 20.6. The average Bonchev–Trinajstić information content (AvgIpc) is 3.20. The van der Waals surface area contributed by atoms with Crippen LogP contribution in [0, 0.1) is 5.92 Å². The topological polar surface area (TPSA) is 94.2 Å². The van der Waals surface area contributed by atoms with Crippen molar-refractivity contribution in [2.24, 2.45) is 5.92 Å². The maximum Gasteiger partial charge on any atom is 0.337 e. The molecule has 2 saturated heterocycles. The molecule has 190 valence electrons. The minimum Gasteiger partial charge on any atom is -0.497 e. The third kappa shape index (κ3) is 4.96. The number of nitrogens with zero attached hydrogens (tertiary/aromatic N) is 3. The van der Waals surface area contributed by atoms with Crippen molar-refractivity contribution in [3.8, 4) is 5.75 Å². The van der Waals surface area contributed by atoms with E-state index in [-0.39, 0.29) is 42.3 Å². The normalized spacial score (nSPS) is 27.0. The van der Waals surface area contributed by atoms with Crippen LogP contribution < -0.4 is 15.5 Å². The predicted molar refractivity (Wildman–Crippen MR) is 130 cm³/mol. The van der Waals surface area contributed by atoms with Crippen molar-refractivity contribution in [3.63, 3.8) is 0 Å². The number of amides is 4. The van der Waals surface area contributed by atoms with E-state index in [0.29, 0.717) is 13.1 Å². The van der Waals surface area contributed by atoms with Gasteiger partial charge in [0.05, 0.1) is 19.6 Å². The van der Waals surface area contributed by atoms with Crippen LogP contribution in [-0.4, -0.2) is 64.7 Å². The number of rotatable bonds is 7. The standard InChI is InChI=1S/C26H37N5O4/c1-35-20-11-7-8-18(16-20)17-30-26(34)31-22-13-6-5-12-21(22)24(33)29(25(31)28-30)15-14-23(32)27-19-9-3-2-4-10-19/h7-8,11,16,19,21-22,25,28H,2-6,9-10,12-15,17H2,1H3,(H,27,32). The minimum absolute atomic E-state index is 0.0143. The number of hydrazine groups is 1. The first kappa shape index (κ1) is 23.9. The van der Waals surface area contributed by atoms with Gasteiger partial charge in [-0.3, -0.25) is 19.5 Å². The van der Waals surface area contributed by atoms with Gasteiger partial charge in [-0.25, -0.2) is 4.79 Å². The molecule has 4 aliphatic rings. The van der Waals surface area contributed by atoms with Crippen molar-refractivity contribution in [3.05, 3.63) is 29.8 Å². The largest absolute Gasteiger partial charge is 0.497 e. The van der Waals surface area contributed by atoms with Gasteiger partial charge in [0.1, 0.15) is 5.75 Å². The smallest absolute Gasteiger partial charge is 0.337 e. The molecule has 2 aliphatic carbocycles. The Balaban J connectivity index is 1.30. The second-order valence-corrected chi connectivity index (χ2v) is 10.3. The lowest BCUT2D eigenvalue weighted by Crippen LogP contribution is -2.66. The Kier molecular flexibility index (Phi) is 7.13. The van der Waals surface area contributed by atoms with E-state index in [0.717, 1.165) is 62.7 Å². The fourth-order valence-electron chi connectivity index (χ4n) is 6.18. The van der Waals surface area contributed by atoms with Crippen LogP contribution in [0.5, 0.6) is 5.75 Å². The highest BCUT2D eigenvalue weighted by molar-refractivity contribution is 5.86. The van der Waals surface area contributed by atoms with E-state index >= 15 is 0 Å². The SMILES string of the molecule is COc1cccc(CN2NC3N(CCC(=O)NC4CCCCC4)C(=O)C4CCCCC4N3C2=O)c1. The van der Waals surface area contributed by atoms with Crippen molar-refractivity contribution in [2.45, 2.75) is 89.1 Å². The number of ether oxygens (including phenoxy) is 1. The summed E-state index contributed by atoms with van der Waals surface area (Å²) in [4.78, 5) is 43.4. The zero-order valence-corrected chi connectivity index (χ0v) is 20.6. The second kappa shape index (κ2) is 10.4. The second-order valence-electron chi connectivity index (χ2n) is 10.3. The van der Waals surface area contributed by atoms with Crippen LogP contribution in [0.3, 0.4) is 0 Å². The molecule has 4 amide bonds. The summed E-state index contributed by atoms with van der Waals surface area (Å²) in [6.45, 7) is 0.666. The van der Waals surface area contributed by atoms with Crippen LogP contribution in [0.25, 0.3) is 0 Å².